The van der Waals surface area contributed by atoms with Gasteiger partial charge in [0.25, 0.3) is 0 Å². The van der Waals surface area contributed by atoms with Crippen LogP contribution in [0.3, 0.4) is 0 Å². The Kier molecular flexibility index (Phi) is 6.97. The molecule has 0 saturated heterocycles. The largest absolute Gasteiger partial charge is 0.497 e. The number of aliphatic imine (C=N–C) groups is 1. The molecule has 0 aromatic heterocycles. The van der Waals surface area contributed by atoms with Crippen molar-refractivity contribution in [3.63, 3.8) is 0 Å². The molecule has 0 aliphatic carbocycles. The van der Waals surface area contributed by atoms with Gasteiger partial charge in [0.2, 0.25) is 0 Å². The lowest BCUT2D eigenvalue weighted by Crippen LogP contribution is -2.45. The van der Waals surface area contributed by atoms with Crippen molar-refractivity contribution in [2.24, 2.45) is 4.99 Å². The van der Waals surface area contributed by atoms with Crippen molar-refractivity contribution in [1.29, 1.82) is 0 Å². The number of nitrogens with zero attached hydrogens (tertiary/aromatic N) is 1. The molecule has 0 aliphatic rings. The second-order valence-electron chi connectivity index (χ2n) is 4.41. The number of carbonyl (C=O) groups is 1. The highest BCUT2D eigenvalue weighted by Gasteiger charge is 2.30. The molecule has 0 fully saturated rings. The fourth-order valence-electron chi connectivity index (χ4n) is 1.60. The molecule has 7 nitrogen and oxygen atoms in total. The summed E-state index contributed by atoms with van der Waals surface area (Å²) in [6.45, 7) is -0.730. The fourth-order valence-corrected chi connectivity index (χ4v) is 1.60. The Hall–Kier alpha value is -1.80. The van der Waals surface area contributed by atoms with Gasteiger partial charge in [-0.2, -0.15) is 0 Å². The van der Waals surface area contributed by atoms with Crippen molar-refractivity contribution >= 4 is 12.5 Å². The molecule has 0 saturated carbocycles. The maximum Gasteiger partial charge on any atom is 0.147 e. The number of carbonyl (C=O) groups excluding carboxylic acids is 1. The first-order chi connectivity index (χ1) is 10.0. The lowest BCUT2D eigenvalue weighted by Gasteiger charge is -2.23. The summed E-state index contributed by atoms with van der Waals surface area (Å²) in [5.74, 6) is 0.667. The number of ether oxygens (including phenoxy) is 1. The summed E-state index contributed by atoms with van der Waals surface area (Å²) >= 11 is 0. The van der Waals surface area contributed by atoms with Gasteiger partial charge >= 0.3 is 0 Å². The Bertz CT molecular complexity index is 461. The van der Waals surface area contributed by atoms with E-state index < -0.39 is 31.0 Å². The number of aliphatic hydroxyl groups excluding tert-OH is 4. The van der Waals surface area contributed by atoms with Gasteiger partial charge in [-0.05, 0) is 29.8 Å². The molecule has 4 N–H and O–H groups in total. The summed E-state index contributed by atoms with van der Waals surface area (Å²) in [7, 11) is 1.54. The number of rotatable bonds is 8. The topological polar surface area (TPSA) is 120 Å². The van der Waals surface area contributed by atoms with E-state index in [4.69, 9.17) is 9.84 Å². The van der Waals surface area contributed by atoms with Gasteiger partial charge in [-0.25, -0.2) is 0 Å². The van der Waals surface area contributed by atoms with E-state index in [1.54, 1.807) is 24.3 Å². The van der Waals surface area contributed by atoms with Crippen LogP contribution < -0.4 is 4.74 Å². The first-order valence-electron chi connectivity index (χ1n) is 6.31. The van der Waals surface area contributed by atoms with E-state index in [1.165, 1.54) is 13.3 Å². The van der Waals surface area contributed by atoms with Gasteiger partial charge in [-0.1, -0.05) is 0 Å². The van der Waals surface area contributed by atoms with Gasteiger partial charge in [0, 0.05) is 6.21 Å². The van der Waals surface area contributed by atoms with Gasteiger partial charge in [0.15, 0.2) is 0 Å². The van der Waals surface area contributed by atoms with E-state index in [1.807, 2.05) is 0 Å². The van der Waals surface area contributed by atoms with Gasteiger partial charge < -0.3 is 30.0 Å². The molecule has 116 valence electrons. The molecule has 0 unspecified atom stereocenters. The lowest BCUT2D eigenvalue weighted by molar-refractivity contribution is -0.118. The van der Waals surface area contributed by atoms with Crippen LogP contribution in [0.4, 0.5) is 0 Å². The molecule has 1 aromatic rings. The van der Waals surface area contributed by atoms with Crippen LogP contribution in [0.25, 0.3) is 0 Å². The minimum atomic E-state index is -1.67. The lowest BCUT2D eigenvalue weighted by atomic mass is 10.0. The summed E-state index contributed by atoms with van der Waals surface area (Å²) in [6.07, 6.45) is -3.10. The minimum Gasteiger partial charge on any atom is -0.497 e. The highest BCUT2D eigenvalue weighted by Crippen LogP contribution is 2.11. The normalized spacial score (nSPS) is 17.2. The zero-order chi connectivity index (χ0) is 15.8. The average molecular weight is 297 g/mol. The SMILES string of the molecule is COc1ccc(C=N[C@@H](C=O)[C@@H](O)[C@@H](O)[C@H](O)CO)cc1. The Morgan fingerprint density at radius 3 is 2.29 bits per heavy atom. The van der Waals surface area contributed by atoms with Crippen LogP contribution in [-0.4, -0.2) is 71.0 Å². The van der Waals surface area contributed by atoms with E-state index in [9.17, 15) is 20.1 Å². The highest BCUT2D eigenvalue weighted by molar-refractivity contribution is 5.81. The predicted molar refractivity (Wildman–Crippen MR) is 75.5 cm³/mol. The standard InChI is InChI=1S/C14H19NO6/c1-21-10-4-2-9(3-5-10)6-15-11(7-16)13(19)14(20)12(18)8-17/h2-7,11-14,17-20H,8H2,1H3/t11-,12+,13+,14-/m0/s1. The molecule has 0 radical (unpaired) electrons. The van der Waals surface area contributed by atoms with E-state index in [0.717, 1.165) is 0 Å². The van der Waals surface area contributed by atoms with Gasteiger partial charge in [0.1, 0.15) is 36.4 Å². The molecular weight excluding hydrogens is 278 g/mol. The second-order valence-corrected chi connectivity index (χ2v) is 4.41. The van der Waals surface area contributed by atoms with Crippen molar-refractivity contribution in [1.82, 2.24) is 0 Å². The molecule has 7 heteroatoms. The number of hydrogen-bond donors (Lipinski definition) is 4. The smallest absolute Gasteiger partial charge is 0.147 e. The summed E-state index contributed by atoms with van der Waals surface area (Å²) in [6, 6.07) is 5.57. The molecule has 0 spiro atoms. The van der Waals surface area contributed by atoms with E-state index in [2.05, 4.69) is 4.99 Å². The van der Waals surface area contributed by atoms with Crippen molar-refractivity contribution in [2.45, 2.75) is 24.4 Å². The van der Waals surface area contributed by atoms with Crippen LogP contribution in [0.5, 0.6) is 5.75 Å². The maximum absolute atomic E-state index is 10.9. The van der Waals surface area contributed by atoms with Crippen LogP contribution >= 0.6 is 0 Å². The van der Waals surface area contributed by atoms with Crippen LogP contribution in [0.2, 0.25) is 0 Å². The first-order valence-corrected chi connectivity index (χ1v) is 6.31. The van der Waals surface area contributed by atoms with Gasteiger partial charge in [-0.3, -0.25) is 4.99 Å². The zero-order valence-corrected chi connectivity index (χ0v) is 11.5. The molecule has 1 aromatic carbocycles. The van der Waals surface area contributed by atoms with E-state index >= 15 is 0 Å². The molecule has 0 amide bonds. The number of hydrogen-bond acceptors (Lipinski definition) is 7. The second kappa shape index (κ2) is 8.48. The van der Waals surface area contributed by atoms with Crippen molar-refractivity contribution in [2.75, 3.05) is 13.7 Å². The van der Waals surface area contributed by atoms with Crippen LogP contribution in [-0.2, 0) is 4.79 Å². The Morgan fingerprint density at radius 2 is 1.81 bits per heavy atom. The zero-order valence-electron chi connectivity index (χ0n) is 11.5. The summed E-state index contributed by atoms with van der Waals surface area (Å²) in [4.78, 5) is 14.8. The average Bonchev–Trinajstić information content (AvgIpc) is 2.54. The highest BCUT2D eigenvalue weighted by atomic mass is 16.5. The molecule has 0 heterocycles. The molecule has 1 rings (SSSR count). The molecule has 4 atom stereocenters. The number of benzene rings is 1. The van der Waals surface area contributed by atoms with Gasteiger partial charge in [-0.15, -0.1) is 0 Å². The fraction of sp³-hybridized carbons (Fsp3) is 0.429. The first kappa shape index (κ1) is 17.3. The van der Waals surface area contributed by atoms with Gasteiger partial charge in [0.05, 0.1) is 13.7 Å². The minimum absolute atomic E-state index is 0.359. The quantitative estimate of drug-likeness (QED) is 0.352. The third-order valence-corrected chi connectivity index (χ3v) is 2.93. The molecule has 21 heavy (non-hydrogen) atoms. The summed E-state index contributed by atoms with van der Waals surface area (Å²) in [5.41, 5.74) is 0.673. The van der Waals surface area contributed by atoms with Crippen molar-refractivity contribution in [3.8, 4) is 5.75 Å². The Balaban J connectivity index is 2.75. The van der Waals surface area contributed by atoms with Crippen LogP contribution in [0.15, 0.2) is 29.3 Å². The van der Waals surface area contributed by atoms with E-state index in [-0.39, 0.29) is 0 Å². The van der Waals surface area contributed by atoms with Crippen molar-refractivity contribution in [3.05, 3.63) is 29.8 Å². The third kappa shape index (κ3) is 4.91. The monoisotopic (exact) mass is 297 g/mol. The summed E-state index contributed by atoms with van der Waals surface area (Å²) < 4.78 is 5.00. The number of methoxy groups -OCH3 is 1. The Labute approximate surface area is 122 Å². The van der Waals surface area contributed by atoms with E-state index in [0.29, 0.717) is 17.6 Å². The molecule has 0 aliphatic heterocycles. The maximum atomic E-state index is 10.9. The van der Waals surface area contributed by atoms with Crippen molar-refractivity contribution < 1.29 is 30.0 Å². The number of aldehydes is 1. The third-order valence-electron chi connectivity index (χ3n) is 2.93. The van der Waals surface area contributed by atoms with Crippen LogP contribution in [0.1, 0.15) is 5.56 Å². The number of aliphatic hydroxyl groups is 4. The molecular formula is C14H19NO6. The Morgan fingerprint density at radius 1 is 1.19 bits per heavy atom. The summed E-state index contributed by atoms with van der Waals surface area (Å²) in [5, 5.41) is 37.2. The van der Waals surface area contributed by atoms with Crippen LogP contribution in [0, 0.1) is 0 Å². The molecule has 0 bridgehead atoms. The predicted octanol–water partition coefficient (Wildman–Crippen LogP) is -1.24.